The second-order valence-electron chi connectivity index (χ2n) is 4.65. The molecule has 0 saturated carbocycles. The molecule has 2 heterocycles. The van der Waals surface area contributed by atoms with Crippen LogP contribution in [0.4, 0.5) is 0 Å². The fraction of sp³-hybridized carbons (Fsp3) is 0.200. The van der Waals surface area contributed by atoms with Crippen LogP contribution in [0.15, 0.2) is 40.1 Å². The highest BCUT2D eigenvalue weighted by Gasteiger charge is 2.20. The van der Waals surface area contributed by atoms with Crippen molar-refractivity contribution in [3.05, 3.63) is 58.4 Å². The first kappa shape index (κ1) is 12.4. The molecule has 3 aromatic rings. The highest BCUT2D eigenvalue weighted by molar-refractivity contribution is 7.17. The van der Waals surface area contributed by atoms with Gasteiger partial charge in [-0.2, -0.15) is 0 Å². The minimum absolute atomic E-state index is 0.0419. The van der Waals surface area contributed by atoms with E-state index in [9.17, 15) is 0 Å². The van der Waals surface area contributed by atoms with Gasteiger partial charge in [0.1, 0.15) is 11.5 Å². The average Bonchev–Trinajstić information content (AvgIpc) is 2.98. The molecular weight excluding hydrogens is 256 g/mol. The molecular formula is C15H16N2OS. The van der Waals surface area contributed by atoms with Gasteiger partial charge in [0.05, 0.1) is 6.04 Å². The first-order chi connectivity index (χ1) is 9.20. The minimum Gasteiger partial charge on any atom is -0.466 e. The Bertz CT molecular complexity index is 714. The molecule has 3 rings (SSSR count). The van der Waals surface area contributed by atoms with Crippen molar-refractivity contribution in [3.63, 3.8) is 0 Å². The molecule has 0 amide bonds. The summed E-state index contributed by atoms with van der Waals surface area (Å²) >= 11 is 1.74. The van der Waals surface area contributed by atoms with E-state index in [0.717, 1.165) is 17.1 Å². The quantitative estimate of drug-likeness (QED) is 0.565. The smallest absolute Gasteiger partial charge is 0.106 e. The molecule has 1 unspecified atom stereocenters. The molecule has 98 valence electrons. The van der Waals surface area contributed by atoms with Gasteiger partial charge in [0.25, 0.3) is 0 Å². The fourth-order valence-electron chi connectivity index (χ4n) is 2.53. The van der Waals surface area contributed by atoms with E-state index in [2.05, 4.69) is 35.1 Å². The molecule has 0 radical (unpaired) electrons. The van der Waals surface area contributed by atoms with Gasteiger partial charge in [-0.15, -0.1) is 11.3 Å². The van der Waals surface area contributed by atoms with E-state index in [0.29, 0.717) is 0 Å². The van der Waals surface area contributed by atoms with Gasteiger partial charge in [0.15, 0.2) is 0 Å². The summed E-state index contributed by atoms with van der Waals surface area (Å²) in [6, 6.07) is 10.4. The lowest BCUT2D eigenvalue weighted by molar-refractivity contribution is 0.495. The third kappa shape index (κ3) is 2.08. The number of hydrogen-bond acceptors (Lipinski definition) is 4. The summed E-state index contributed by atoms with van der Waals surface area (Å²) in [6.07, 6.45) is 0. The lowest BCUT2D eigenvalue weighted by atomic mass is 9.98. The van der Waals surface area contributed by atoms with Gasteiger partial charge in [0, 0.05) is 10.3 Å². The SMILES string of the molecule is Cc1cc(C(NN)c2cccc3ccsc23)c(C)o1. The van der Waals surface area contributed by atoms with Crippen LogP contribution in [0.25, 0.3) is 10.1 Å². The highest BCUT2D eigenvalue weighted by Crippen LogP contribution is 2.34. The Balaban J connectivity index is 2.17. The topological polar surface area (TPSA) is 51.2 Å². The van der Waals surface area contributed by atoms with Crippen LogP contribution in [0.1, 0.15) is 28.7 Å². The number of nitrogens with one attached hydrogen (secondary N) is 1. The molecule has 4 heteroatoms. The van der Waals surface area contributed by atoms with E-state index in [1.165, 1.54) is 15.6 Å². The Hall–Kier alpha value is -1.62. The zero-order chi connectivity index (χ0) is 13.4. The van der Waals surface area contributed by atoms with Crippen molar-refractivity contribution >= 4 is 21.4 Å². The van der Waals surface area contributed by atoms with Crippen molar-refractivity contribution in [3.8, 4) is 0 Å². The average molecular weight is 272 g/mol. The van der Waals surface area contributed by atoms with Gasteiger partial charge in [-0.25, -0.2) is 5.43 Å². The number of hydrogen-bond donors (Lipinski definition) is 2. The fourth-order valence-corrected chi connectivity index (χ4v) is 3.47. The zero-order valence-electron chi connectivity index (χ0n) is 10.9. The molecule has 0 saturated heterocycles. The van der Waals surface area contributed by atoms with E-state index < -0.39 is 0 Å². The van der Waals surface area contributed by atoms with Crippen LogP contribution in [0.5, 0.6) is 0 Å². The largest absolute Gasteiger partial charge is 0.466 e. The molecule has 3 N–H and O–H groups in total. The molecule has 1 aromatic carbocycles. The first-order valence-corrected chi connectivity index (χ1v) is 7.08. The van der Waals surface area contributed by atoms with Crippen molar-refractivity contribution in [2.75, 3.05) is 0 Å². The van der Waals surface area contributed by atoms with Gasteiger partial charge in [-0.05, 0) is 42.3 Å². The second kappa shape index (κ2) is 4.81. The number of thiophene rings is 1. The van der Waals surface area contributed by atoms with Crippen molar-refractivity contribution < 1.29 is 4.42 Å². The predicted octanol–water partition coefficient (Wildman–Crippen LogP) is 3.66. The number of hydrazine groups is 1. The summed E-state index contributed by atoms with van der Waals surface area (Å²) in [7, 11) is 0. The third-order valence-corrected chi connectivity index (χ3v) is 4.36. The monoisotopic (exact) mass is 272 g/mol. The van der Waals surface area contributed by atoms with Crippen molar-refractivity contribution in [2.24, 2.45) is 5.84 Å². The van der Waals surface area contributed by atoms with Crippen LogP contribution in [0.2, 0.25) is 0 Å². The molecule has 0 bridgehead atoms. The summed E-state index contributed by atoms with van der Waals surface area (Å²) in [6.45, 7) is 3.93. The Morgan fingerprint density at radius 3 is 2.74 bits per heavy atom. The Labute approximate surface area is 116 Å². The summed E-state index contributed by atoms with van der Waals surface area (Å²) in [5.74, 6) is 7.61. The number of furan rings is 1. The Morgan fingerprint density at radius 1 is 1.21 bits per heavy atom. The molecule has 0 spiro atoms. The number of nitrogens with two attached hydrogens (primary N) is 1. The Kier molecular flexibility index (Phi) is 3.14. The molecule has 0 aliphatic rings. The zero-order valence-corrected chi connectivity index (χ0v) is 11.8. The van der Waals surface area contributed by atoms with E-state index in [1.807, 2.05) is 19.9 Å². The van der Waals surface area contributed by atoms with Crippen LogP contribution < -0.4 is 11.3 Å². The maximum atomic E-state index is 5.79. The van der Waals surface area contributed by atoms with Gasteiger partial charge in [-0.1, -0.05) is 18.2 Å². The molecule has 19 heavy (non-hydrogen) atoms. The molecule has 0 fully saturated rings. The number of rotatable bonds is 3. The predicted molar refractivity (Wildman–Crippen MR) is 79.2 cm³/mol. The molecule has 1 atom stereocenters. The van der Waals surface area contributed by atoms with E-state index >= 15 is 0 Å². The lowest BCUT2D eigenvalue weighted by Gasteiger charge is -2.16. The summed E-state index contributed by atoms with van der Waals surface area (Å²) in [5.41, 5.74) is 5.21. The van der Waals surface area contributed by atoms with Crippen molar-refractivity contribution in [1.29, 1.82) is 0 Å². The van der Waals surface area contributed by atoms with E-state index in [1.54, 1.807) is 11.3 Å². The van der Waals surface area contributed by atoms with Crippen LogP contribution in [-0.2, 0) is 0 Å². The maximum Gasteiger partial charge on any atom is 0.106 e. The molecule has 3 nitrogen and oxygen atoms in total. The van der Waals surface area contributed by atoms with Crippen LogP contribution >= 0.6 is 11.3 Å². The van der Waals surface area contributed by atoms with Gasteiger partial charge < -0.3 is 4.42 Å². The highest BCUT2D eigenvalue weighted by atomic mass is 32.1. The molecule has 2 aromatic heterocycles. The maximum absolute atomic E-state index is 5.79. The second-order valence-corrected chi connectivity index (χ2v) is 5.57. The first-order valence-electron chi connectivity index (χ1n) is 6.20. The molecule has 0 aliphatic carbocycles. The normalized spacial score (nSPS) is 13.0. The lowest BCUT2D eigenvalue weighted by Crippen LogP contribution is -2.29. The van der Waals surface area contributed by atoms with Gasteiger partial charge >= 0.3 is 0 Å². The van der Waals surface area contributed by atoms with Gasteiger partial charge in [-0.3, -0.25) is 5.84 Å². The van der Waals surface area contributed by atoms with Crippen LogP contribution in [0.3, 0.4) is 0 Å². The van der Waals surface area contributed by atoms with Crippen molar-refractivity contribution in [1.82, 2.24) is 5.43 Å². The number of aryl methyl sites for hydroxylation is 2. The van der Waals surface area contributed by atoms with E-state index in [-0.39, 0.29) is 6.04 Å². The van der Waals surface area contributed by atoms with Gasteiger partial charge in [0.2, 0.25) is 0 Å². The summed E-state index contributed by atoms with van der Waals surface area (Å²) < 4.78 is 6.89. The molecule has 0 aliphatic heterocycles. The number of benzene rings is 1. The minimum atomic E-state index is -0.0419. The summed E-state index contributed by atoms with van der Waals surface area (Å²) in [4.78, 5) is 0. The number of fused-ring (bicyclic) bond motifs is 1. The Morgan fingerprint density at radius 2 is 2.05 bits per heavy atom. The van der Waals surface area contributed by atoms with E-state index in [4.69, 9.17) is 10.3 Å². The standard InChI is InChI=1S/C15H16N2OS/c1-9-8-13(10(2)18-9)14(17-16)12-5-3-4-11-6-7-19-15(11)12/h3-8,14,17H,16H2,1-2H3. The third-order valence-electron chi connectivity index (χ3n) is 3.38. The summed E-state index contributed by atoms with van der Waals surface area (Å²) in [5, 5.41) is 3.36. The van der Waals surface area contributed by atoms with Crippen LogP contribution in [0, 0.1) is 13.8 Å². The van der Waals surface area contributed by atoms with Crippen molar-refractivity contribution in [2.45, 2.75) is 19.9 Å². The van der Waals surface area contributed by atoms with Crippen LogP contribution in [-0.4, -0.2) is 0 Å².